The van der Waals surface area contributed by atoms with E-state index in [0.717, 1.165) is 28.7 Å². The second-order valence-electron chi connectivity index (χ2n) is 9.26. The van der Waals surface area contributed by atoms with Crippen molar-refractivity contribution in [2.24, 2.45) is 16.7 Å². The molecule has 0 spiro atoms. The maximum absolute atomic E-state index is 13.1. The van der Waals surface area contributed by atoms with Gasteiger partial charge in [-0.15, -0.1) is 0 Å². The molecule has 1 unspecified atom stereocenters. The van der Waals surface area contributed by atoms with Gasteiger partial charge in [0.15, 0.2) is 11.6 Å². The van der Waals surface area contributed by atoms with Crippen LogP contribution in [-0.2, 0) is 9.59 Å². The lowest BCUT2D eigenvalue weighted by atomic mass is 9.65. The van der Waals surface area contributed by atoms with Crippen molar-refractivity contribution in [2.75, 3.05) is 0 Å². The highest BCUT2D eigenvalue weighted by atomic mass is 16.1. The average molecular weight is 326 g/mol. The van der Waals surface area contributed by atoms with Crippen LogP contribution in [0.2, 0.25) is 0 Å². The van der Waals surface area contributed by atoms with Gasteiger partial charge in [0.2, 0.25) is 0 Å². The Morgan fingerprint density at radius 3 is 1.79 bits per heavy atom. The largest absolute Gasteiger partial charge is 0.294 e. The van der Waals surface area contributed by atoms with Gasteiger partial charge in [-0.3, -0.25) is 9.59 Å². The number of carbonyl (C=O) groups is 2. The first-order valence-corrected chi connectivity index (χ1v) is 8.73. The highest BCUT2D eigenvalue weighted by Gasteiger charge is 2.40. The molecule has 130 valence electrons. The van der Waals surface area contributed by atoms with E-state index in [1.165, 1.54) is 5.57 Å². The lowest BCUT2D eigenvalue weighted by molar-refractivity contribution is -0.123. The van der Waals surface area contributed by atoms with Crippen LogP contribution in [-0.4, -0.2) is 11.6 Å². The molecule has 2 rings (SSSR count). The van der Waals surface area contributed by atoms with E-state index in [0.29, 0.717) is 0 Å². The zero-order valence-corrected chi connectivity index (χ0v) is 16.3. The molecular formula is C22H30O2. The van der Waals surface area contributed by atoms with Crippen LogP contribution in [0, 0.1) is 16.7 Å². The number of rotatable bonds is 0. The number of hydrogen-bond acceptors (Lipinski definition) is 2. The zero-order valence-electron chi connectivity index (χ0n) is 16.3. The fourth-order valence-electron chi connectivity index (χ4n) is 3.43. The van der Waals surface area contributed by atoms with Gasteiger partial charge < -0.3 is 0 Å². The van der Waals surface area contributed by atoms with Crippen molar-refractivity contribution in [3.8, 4) is 0 Å². The van der Waals surface area contributed by atoms with Gasteiger partial charge in [-0.05, 0) is 65.5 Å². The smallest absolute Gasteiger partial charge is 0.184 e. The molecule has 0 saturated heterocycles. The molecule has 0 aromatic rings. The molecule has 0 bridgehead atoms. The molecule has 0 aromatic heterocycles. The molecule has 0 aliphatic heterocycles. The molecule has 24 heavy (non-hydrogen) atoms. The third-order valence-electron chi connectivity index (χ3n) is 5.01. The Morgan fingerprint density at radius 2 is 1.38 bits per heavy atom. The predicted molar refractivity (Wildman–Crippen MR) is 99.7 cm³/mol. The topological polar surface area (TPSA) is 34.1 Å². The summed E-state index contributed by atoms with van der Waals surface area (Å²) in [6.45, 7) is 16.4. The van der Waals surface area contributed by atoms with Crippen LogP contribution >= 0.6 is 0 Å². The number of carbonyl (C=O) groups excluding carboxylic acids is 2. The highest BCUT2D eigenvalue weighted by molar-refractivity contribution is 6.09. The molecule has 0 fully saturated rings. The molecule has 0 radical (unpaired) electrons. The van der Waals surface area contributed by atoms with E-state index < -0.39 is 0 Å². The van der Waals surface area contributed by atoms with E-state index >= 15 is 0 Å². The number of ketones is 2. The summed E-state index contributed by atoms with van der Waals surface area (Å²) in [4.78, 5) is 25.1. The van der Waals surface area contributed by atoms with E-state index in [4.69, 9.17) is 0 Å². The molecular weight excluding hydrogens is 296 g/mol. The molecule has 0 N–H and O–H groups in total. The fraction of sp³-hybridized carbons (Fsp3) is 0.545. The van der Waals surface area contributed by atoms with Crippen LogP contribution in [0.4, 0.5) is 0 Å². The molecule has 0 saturated carbocycles. The zero-order chi connectivity index (χ0) is 18.4. The minimum absolute atomic E-state index is 0.0285. The second-order valence-corrected chi connectivity index (χ2v) is 9.26. The van der Waals surface area contributed by atoms with Gasteiger partial charge in [0.1, 0.15) is 0 Å². The van der Waals surface area contributed by atoms with E-state index in [1.807, 2.05) is 26.0 Å². The lowest BCUT2D eigenvalue weighted by Gasteiger charge is -2.37. The Hall–Kier alpha value is -1.70. The predicted octanol–water partition coefficient (Wildman–Crippen LogP) is 5.37. The molecule has 1 atom stereocenters. The summed E-state index contributed by atoms with van der Waals surface area (Å²) in [5.41, 5.74) is 4.41. The van der Waals surface area contributed by atoms with Crippen molar-refractivity contribution in [1.82, 2.24) is 0 Å². The highest BCUT2D eigenvalue weighted by Crippen LogP contribution is 2.43. The van der Waals surface area contributed by atoms with E-state index in [9.17, 15) is 9.59 Å². The Kier molecular flexibility index (Phi) is 4.65. The maximum atomic E-state index is 13.1. The standard InChI is InChI=1S/C22H30O2/c1-13-9-15(10-14(2)19(13)23)16-11-17(21(3,4)5)20(24)18(12-16)22(6,7)8/h9-11,18H,12H2,1-8H3. The van der Waals surface area contributed by atoms with Crippen molar-refractivity contribution in [3.63, 3.8) is 0 Å². The van der Waals surface area contributed by atoms with Crippen LogP contribution in [0.25, 0.3) is 0 Å². The molecule has 2 aliphatic rings. The fourth-order valence-corrected chi connectivity index (χ4v) is 3.43. The van der Waals surface area contributed by atoms with E-state index in [2.05, 4.69) is 47.6 Å². The van der Waals surface area contributed by atoms with Crippen LogP contribution in [0.15, 0.2) is 46.1 Å². The molecule has 2 aliphatic carbocycles. The van der Waals surface area contributed by atoms with Gasteiger partial charge in [-0.2, -0.15) is 0 Å². The Labute approximate surface area is 146 Å². The van der Waals surface area contributed by atoms with Crippen LogP contribution in [0.3, 0.4) is 0 Å². The first kappa shape index (κ1) is 18.6. The van der Waals surface area contributed by atoms with Crippen LogP contribution in [0.1, 0.15) is 61.8 Å². The van der Waals surface area contributed by atoms with E-state index in [1.54, 1.807) is 0 Å². The molecule has 2 heteroatoms. The Bertz CT molecular complexity index is 686. The lowest BCUT2D eigenvalue weighted by Crippen LogP contribution is -2.36. The summed E-state index contributed by atoms with van der Waals surface area (Å²) < 4.78 is 0. The monoisotopic (exact) mass is 326 g/mol. The van der Waals surface area contributed by atoms with E-state index in [-0.39, 0.29) is 28.3 Å². The summed E-state index contributed by atoms with van der Waals surface area (Å²) in [6, 6.07) is 0. The normalized spacial score (nSPS) is 23.2. The van der Waals surface area contributed by atoms with Crippen LogP contribution < -0.4 is 0 Å². The number of hydrogen-bond donors (Lipinski definition) is 0. The Balaban J connectivity index is 2.66. The summed E-state index contributed by atoms with van der Waals surface area (Å²) >= 11 is 0. The average Bonchev–Trinajstić information content (AvgIpc) is 2.41. The minimum atomic E-state index is -0.186. The van der Waals surface area contributed by atoms with Gasteiger partial charge in [0.25, 0.3) is 0 Å². The molecule has 2 nitrogen and oxygen atoms in total. The Morgan fingerprint density at radius 1 is 0.875 bits per heavy atom. The third-order valence-corrected chi connectivity index (χ3v) is 5.01. The van der Waals surface area contributed by atoms with Crippen molar-refractivity contribution >= 4 is 11.6 Å². The first-order valence-electron chi connectivity index (χ1n) is 8.73. The van der Waals surface area contributed by atoms with Crippen molar-refractivity contribution in [2.45, 2.75) is 61.8 Å². The van der Waals surface area contributed by atoms with Crippen molar-refractivity contribution < 1.29 is 9.59 Å². The SMILES string of the molecule is CC1=CC(=C2C=C(C(C)(C)C)C(=O)C(C(C)(C)C)C2)C=C(C)C1=O. The quantitative estimate of drug-likeness (QED) is 0.600. The summed E-state index contributed by atoms with van der Waals surface area (Å²) in [5, 5.41) is 0. The number of allylic oxidation sites excluding steroid dienone is 8. The molecule has 0 heterocycles. The first-order chi connectivity index (χ1) is 10.8. The maximum Gasteiger partial charge on any atom is 0.184 e. The van der Waals surface area contributed by atoms with Gasteiger partial charge in [-0.1, -0.05) is 47.6 Å². The van der Waals surface area contributed by atoms with Gasteiger partial charge in [0.05, 0.1) is 0 Å². The van der Waals surface area contributed by atoms with Crippen molar-refractivity contribution in [3.05, 3.63) is 46.1 Å². The molecule has 0 aromatic carbocycles. The minimum Gasteiger partial charge on any atom is -0.294 e. The summed E-state index contributed by atoms with van der Waals surface area (Å²) in [6.07, 6.45) is 6.75. The van der Waals surface area contributed by atoms with Crippen LogP contribution in [0.5, 0.6) is 0 Å². The number of Topliss-reactive ketones (excluding diaryl/α,β-unsaturated/α-hetero) is 2. The second kappa shape index (κ2) is 5.98. The van der Waals surface area contributed by atoms with Crippen molar-refractivity contribution in [1.29, 1.82) is 0 Å². The van der Waals surface area contributed by atoms with Gasteiger partial charge in [-0.25, -0.2) is 0 Å². The van der Waals surface area contributed by atoms with Gasteiger partial charge in [0, 0.05) is 11.5 Å². The summed E-state index contributed by atoms with van der Waals surface area (Å²) in [7, 11) is 0. The molecule has 0 amide bonds. The van der Waals surface area contributed by atoms with Gasteiger partial charge >= 0.3 is 0 Å². The summed E-state index contributed by atoms with van der Waals surface area (Å²) in [5.74, 6) is 0.352. The third kappa shape index (κ3) is 3.53.